The van der Waals surface area contributed by atoms with Gasteiger partial charge in [0.2, 0.25) is 0 Å². The highest BCUT2D eigenvalue weighted by molar-refractivity contribution is 6.32. The second kappa shape index (κ2) is 10.9. The van der Waals surface area contributed by atoms with E-state index in [1.165, 1.54) is 17.7 Å². The van der Waals surface area contributed by atoms with E-state index in [2.05, 4.69) is 9.47 Å². The molecule has 0 spiro atoms. The van der Waals surface area contributed by atoms with Gasteiger partial charge in [0.05, 0.1) is 23.2 Å². The smallest absolute Gasteiger partial charge is 0.139 e. The Labute approximate surface area is 216 Å². The van der Waals surface area contributed by atoms with Crippen LogP contribution in [-0.2, 0) is 19.4 Å². The number of hydrogen-bond donors (Lipinski definition) is 1. The van der Waals surface area contributed by atoms with Crippen LogP contribution in [0.3, 0.4) is 0 Å². The van der Waals surface area contributed by atoms with Gasteiger partial charge in [-0.15, -0.1) is 0 Å². The lowest BCUT2D eigenvalue weighted by molar-refractivity contribution is 0.184. The van der Waals surface area contributed by atoms with Crippen molar-refractivity contribution in [1.82, 2.24) is 14.5 Å². The zero-order chi connectivity index (χ0) is 25.1. The molecule has 0 bridgehead atoms. The minimum absolute atomic E-state index is 0.236. The molecule has 0 saturated carbocycles. The standard InChI is InChI=1S/C29H31ClFN3O2/c1-36-28-18-27-26(17-25(28)30)32-29(34(27)19-22-2-6-23(31)7-3-22)16-21-11-14-33(15-12-21)13-10-20-4-8-24(35)9-5-20/h2-9,17-18,21,35H,10-16,19H2,1H3. The number of piperidine rings is 1. The second-order valence-electron chi connectivity index (χ2n) is 9.62. The van der Waals surface area contributed by atoms with Crippen LogP contribution in [0.4, 0.5) is 4.39 Å². The Morgan fingerprint density at radius 3 is 2.42 bits per heavy atom. The molecule has 3 aromatic carbocycles. The van der Waals surface area contributed by atoms with E-state index in [1.807, 2.05) is 36.4 Å². The Morgan fingerprint density at radius 1 is 1.03 bits per heavy atom. The third kappa shape index (κ3) is 5.66. The second-order valence-corrected chi connectivity index (χ2v) is 10.0. The van der Waals surface area contributed by atoms with E-state index in [0.29, 0.717) is 29.0 Å². The first-order valence-corrected chi connectivity index (χ1v) is 12.8. The fraction of sp³-hybridized carbons (Fsp3) is 0.345. The summed E-state index contributed by atoms with van der Waals surface area (Å²) in [4.78, 5) is 7.50. The first kappa shape index (κ1) is 24.6. The number of methoxy groups -OCH3 is 1. The van der Waals surface area contributed by atoms with Crippen LogP contribution in [0.5, 0.6) is 11.5 Å². The average molecular weight is 508 g/mol. The van der Waals surface area contributed by atoms with Gasteiger partial charge in [-0.25, -0.2) is 9.37 Å². The van der Waals surface area contributed by atoms with E-state index in [9.17, 15) is 9.50 Å². The largest absolute Gasteiger partial charge is 0.508 e. The summed E-state index contributed by atoms with van der Waals surface area (Å²) >= 11 is 6.40. The normalized spacial score (nSPS) is 15.0. The summed E-state index contributed by atoms with van der Waals surface area (Å²) in [6.07, 6.45) is 4.13. The van der Waals surface area contributed by atoms with Gasteiger partial charge in [0.25, 0.3) is 0 Å². The summed E-state index contributed by atoms with van der Waals surface area (Å²) < 4.78 is 21.2. The van der Waals surface area contributed by atoms with E-state index in [-0.39, 0.29) is 5.82 Å². The van der Waals surface area contributed by atoms with Gasteiger partial charge in [-0.05, 0) is 79.7 Å². The molecule has 0 amide bonds. The molecule has 1 aromatic heterocycles. The topological polar surface area (TPSA) is 50.5 Å². The maximum absolute atomic E-state index is 13.5. The van der Waals surface area contributed by atoms with Gasteiger partial charge in [-0.2, -0.15) is 0 Å². The monoisotopic (exact) mass is 507 g/mol. The number of benzene rings is 3. The summed E-state index contributed by atoms with van der Waals surface area (Å²) in [7, 11) is 1.62. The molecule has 5 rings (SSSR count). The summed E-state index contributed by atoms with van der Waals surface area (Å²) in [6.45, 7) is 3.78. The van der Waals surface area contributed by atoms with E-state index >= 15 is 0 Å². The van der Waals surface area contributed by atoms with Crippen molar-refractivity contribution in [2.45, 2.75) is 32.2 Å². The molecule has 0 aliphatic carbocycles. The minimum Gasteiger partial charge on any atom is -0.508 e. The molecule has 5 nitrogen and oxygen atoms in total. The number of fused-ring (bicyclic) bond motifs is 1. The van der Waals surface area contributed by atoms with Crippen LogP contribution in [0, 0.1) is 11.7 Å². The first-order chi connectivity index (χ1) is 17.5. The fourth-order valence-corrected chi connectivity index (χ4v) is 5.29. The molecule has 1 aliphatic rings. The lowest BCUT2D eigenvalue weighted by Crippen LogP contribution is -2.36. The van der Waals surface area contributed by atoms with Crippen LogP contribution in [0.15, 0.2) is 60.7 Å². The number of aromatic nitrogens is 2. The van der Waals surface area contributed by atoms with Crippen LogP contribution in [-0.4, -0.2) is 46.3 Å². The molecular formula is C29H31ClFN3O2. The molecular weight excluding hydrogens is 477 g/mol. The van der Waals surface area contributed by atoms with Gasteiger partial charge < -0.3 is 19.3 Å². The summed E-state index contributed by atoms with van der Waals surface area (Å²) in [6, 6.07) is 18.0. The SMILES string of the molecule is COc1cc2c(cc1Cl)nc(CC1CCN(CCc3ccc(O)cc3)CC1)n2Cc1ccc(F)cc1. The number of imidazole rings is 1. The van der Waals surface area contributed by atoms with Crippen molar-refractivity contribution < 1.29 is 14.2 Å². The molecule has 2 heterocycles. The van der Waals surface area contributed by atoms with Crippen molar-refractivity contribution in [2.24, 2.45) is 5.92 Å². The van der Waals surface area contributed by atoms with E-state index in [1.54, 1.807) is 19.2 Å². The number of halogens is 2. The summed E-state index contributed by atoms with van der Waals surface area (Å²) in [5.74, 6) is 2.28. The number of hydrogen-bond acceptors (Lipinski definition) is 4. The average Bonchev–Trinajstić information content (AvgIpc) is 3.20. The first-order valence-electron chi connectivity index (χ1n) is 12.5. The number of nitrogens with zero attached hydrogens (tertiary/aromatic N) is 3. The number of rotatable bonds is 8. The van der Waals surface area contributed by atoms with Gasteiger partial charge >= 0.3 is 0 Å². The third-order valence-corrected chi connectivity index (χ3v) is 7.48. The van der Waals surface area contributed by atoms with E-state index in [4.69, 9.17) is 21.3 Å². The molecule has 1 saturated heterocycles. The molecule has 188 valence electrons. The number of phenolic OH excluding ortho intramolecular Hbond substituents is 1. The molecule has 0 radical (unpaired) electrons. The van der Waals surface area contributed by atoms with Crippen LogP contribution < -0.4 is 4.74 Å². The number of aromatic hydroxyl groups is 1. The van der Waals surface area contributed by atoms with Gasteiger partial charge in [0, 0.05) is 25.6 Å². The number of phenols is 1. The molecule has 1 aliphatic heterocycles. The maximum Gasteiger partial charge on any atom is 0.139 e. The third-order valence-electron chi connectivity index (χ3n) is 7.19. The molecule has 4 aromatic rings. The molecule has 7 heteroatoms. The van der Waals surface area contributed by atoms with Gasteiger partial charge in [-0.1, -0.05) is 35.9 Å². The molecule has 0 atom stereocenters. The molecule has 36 heavy (non-hydrogen) atoms. The van der Waals surface area contributed by atoms with Gasteiger partial charge in [0.15, 0.2) is 0 Å². The van der Waals surface area contributed by atoms with Crippen molar-refractivity contribution in [2.75, 3.05) is 26.7 Å². The van der Waals surface area contributed by atoms with Crippen LogP contribution >= 0.6 is 11.6 Å². The Bertz CT molecular complexity index is 1310. The fourth-order valence-electron chi connectivity index (χ4n) is 5.06. The van der Waals surface area contributed by atoms with E-state index in [0.717, 1.165) is 67.7 Å². The molecule has 1 N–H and O–H groups in total. The highest BCUT2D eigenvalue weighted by Gasteiger charge is 2.23. The quantitative estimate of drug-likeness (QED) is 0.313. The van der Waals surface area contributed by atoms with Gasteiger partial charge in [-0.3, -0.25) is 0 Å². The Morgan fingerprint density at radius 2 is 1.72 bits per heavy atom. The molecule has 1 fully saturated rings. The predicted octanol–water partition coefficient (Wildman–Crippen LogP) is 6.09. The summed E-state index contributed by atoms with van der Waals surface area (Å²) in [5, 5.41) is 10.0. The zero-order valence-electron chi connectivity index (χ0n) is 20.5. The maximum atomic E-state index is 13.5. The van der Waals surface area contributed by atoms with E-state index < -0.39 is 0 Å². The lowest BCUT2D eigenvalue weighted by Gasteiger charge is -2.32. The highest BCUT2D eigenvalue weighted by atomic mass is 35.5. The van der Waals surface area contributed by atoms with Crippen molar-refractivity contribution in [3.63, 3.8) is 0 Å². The van der Waals surface area contributed by atoms with Crippen LogP contribution in [0.25, 0.3) is 11.0 Å². The molecule has 0 unspecified atom stereocenters. The lowest BCUT2D eigenvalue weighted by atomic mass is 9.93. The summed E-state index contributed by atoms with van der Waals surface area (Å²) in [5.41, 5.74) is 4.10. The van der Waals surface area contributed by atoms with Crippen molar-refractivity contribution >= 4 is 22.6 Å². The zero-order valence-corrected chi connectivity index (χ0v) is 21.2. The minimum atomic E-state index is -0.236. The Balaban J connectivity index is 1.29. The van der Waals surface area contributed by atoms with Crippen molar-refractivity contribution in [3.8, 4) is 11.5 Å². The Hall–Kier alpha value is -3.09. The van der Waals surface area contributed by atoms with Crippen molar-refractivity contribution in [3.05, 3.63) is 88.5 Å². The highest BCUT2D eigenvalue weighted by Crippen LogP contribution is 2.32. The number of ether oxygens (including phenoxy) is 1. The Kier molecular flexibility index (Phi) is 7.44. The predicted molar refractivity (Wildman–Crippen MR) is 141 cm³/mol. The van der Waals surface area contributed by atoms with Crippen LogP contribution in [0.1, 0.15) is 29.8 Å². The number of likely N-dealkylation sites (tertiary alicyclic amines) is 1. The van der Waals surface area contributed by atoms with Crippen LogP contribution in [0.2, 0.25) is 5.02 Å². The van der Waals surface area contributed by atoms with Gasteiger partial charge in [0.1, 0.15) is 23.1 Å². The van der Waals surface area contributed by atoms with Crippen molar-refractivity contribution in [1.29, 1.82) is 0 Å².